The van der Waals surface area contributed by atoms with E-state index < -0.39 is 0 Å². The highest BCUT2D eigenvalue weighted by molar-refractivity contribution is 5.92. The zero-order valence-electron chi connectivity index (χ0n) is 11.4. The summed E-state index contributed by atoms with van der Waals surface area (Å²) in [6.45, 7) is 4.46. The normalized spacial score (nSPS) is 10.4. The molecule has 1 aromatic heterocycles. The molecule has 0 atom stereocenters. The maximum Gasteiger partial charge on any atom is 0.228 e. The van der Waals surface area contributed by atoms with E-state index in [0.717, 1.165) is 17.7 Å². The topological polar surface area (TPSA) is 38.1 Å². The number of rotatable bonds is 5. The number of aryl methyl sites for hydroxylation is 1. The van der Waals surface area contributed by atoms with Gasteiger partial charge in [0, 0.05) is 18.3 Å². The van der Waals surface area contributed by atoms with E-state index in [1.165, 1.54) is 0 Å². The Bertz CT molecular complexity index is 533. The van der Waals surface area contributed by atoms with E-state index in [2.05, 4.69) is 5.10 Å². The first kappa shape index (κ1) is 13.3. The molecule has 1 aromatic carbocycles. The molecule has 0 N–H and O–H groups in total. The Morgan fingerprint density at radius 2 is 2.05 bits per heavy atom. The number of hydrogen-bond donors (Lipinski definition) is 0. The molecule has 1 amide bonds. The number of anilines is 1. The zero-order valence-corrected chi connectivity index (χ0v) is 11.4. The highest BCUT2D eigenvalue weighted by Crippen LogP contribution is 2.16. The summed E-state index contributed by atoms with van der Waals surface area (Å²) in [5.74, 6) is 0.127. The van der Waals surface area contributed by atoms with Crippen LogP contribution in [0.15, 0.2) is 42.7 Å². The maximum absolute atomic E-state index is 12.2. The summed E-state index contributed by atoms with van der Waals surface area (Å²) in [5, 5.41) is 4.25. The zero-order chi connectivity index (χ0) is 13.7. The number of para-hydroxylation sites is 1. The van der Waals surface area contributed by atoms with Crippen molar-refractivity contribution in [2.45, 2.75) is 33.4 Å². The second-order valence-corrected chi connectivity index (χ2v) is 4.61. The first-order valence-electron chi connectivity index (χ1n) is 6.55. The molecule has 2 aromatic rings. The van der Waals surface area contributed by atoms with Crippen LogP contribution >= 0.6 is 0 Å². The molecular weight excluding hydrogens is 238 g/mol. The summed E-state index contributed by atoms with van der Waals surface area (Å²) >= 11 is 0. The third kappa shape index (κ3) is 3.44. The van der Waals surface area contributed by atoms with Crippen LogP contribution in [-0.2, 0) is 11.5 Å². The van der Waals surface area contributed by atoms with E-state index >= 15 is 0 Å². The minimum absolute atomic E-state index is 0.127. The van der Waals surface area contributed by atoms with Gasteiger partial charge in [-0.2, -0.15) is 5.10 Å². The van der Waals surface area contributed by atoms with Crippen LogP contribution in [0.2, 0.25) is 0 Å². The Hall–Kier alpha value is -2.10. The van der Waals surface area contributed by atoms with E-state index in [0.29, 0.717) is 13.1 Å². The maximum atomic E-state index is 12.2. The van der Waals surface area contributed by atoms with Crippen LogP contribution < -0.4 is 4.90 Å². The number of amides is 1. The van der Waals surface area contributed by atoms with Gasteiger partial charge >= 0.3 is 0 Å². The predicted molar refractivity (Wildman–Crippen MR) is 75.8 cm³/mol. The number of carbonyl (C=O) groups excluding carboxylic acids is 1. The highest BCUT2D eigenvalue weighted by Gasteiger charge is 2.15. The molecule has 1 heterocycles. The van der Waals surface area contributed by atoms with Crippen molar-refractivity contribution in [1.82, 2.24) is 9.78 Å². The molecule has 0 aliphatic carbocycles. The van der Waals surface area contributed by atoms with Gasteiger partial charge in [-0.1, -0.05) is 25.1 Å². The van der Waals surface area contributed by atoms with Crippen molar-refractivity contribution in [3.05, 3.63) is 48.3 Å². The van der Waals surface area contributed by atoms with Gasteiger partial charge < -0.3 is 0 Å². The van der Waals surface area contributed by atoms with E-state index in [1.807, 2.05) is 50.4 Å². The van der Waals surface area contributed by atoms with Gasteiger partial charge in [-0.05, 0) is 31.0 Å². The van der Waals surface area contributed by atoms with Gasteiger partial charge in [0.25, 0.3) is 0 Å². The van der Waals surface area contributed by atoms with E-state index in [1.54, 1.807) is 15.8 Å². The van der Waals surface area contributed by atoms with Crippen LogP contribution in [0, 0.1) is 6.92 Å². The minimum atomic E-state index is 0.127. The standard InChI is InChI=1S/C15H19N3O/c1-3-7-15(19)18(14-8-5-4-6-9-14)12-17-11-13(2)10-16-17/h4-6,8-11H,3,7,12H2,1-2H3. The molecule has 100 valence electrons. The van der Waals surface area contributed by atoms with Crippen LogP contribution in [0.5, 0.6) is 0 Å². The molecule has 0 radical (unpaired) electrons. The fourth-order valence-electron chi connectivity index (χ4n) is 1.95. The summed E-state index contributed by atoms with van der Waals surface area (Å²) in [7, 11) is 0. The number of benzene rings is 1. The second kappa shape index (κ2) is 6.18. The SMILES string of the molecule is CCCC(=O)N(Cn1cc(C)cn1)c1ccccc1. The first-order chi connectivity index (χ1) is 9.20. The Morgan fingerprint density at radius 3 is 2.63 bits per heavy atom. The van der Waals surface area contributed by atoms with Gasteiger partial charge in [-0.15, -0.1) is 0 Å². The smallest absolute Gasteiger partial charge is 0.228 e. The van der Waals surface area contributed by atoms with Crippen molar-refractivity contribution >= 4 is 11.6 Å². The van der Waals surface area contributed by atoms with Crippen LogP contribution in [0.25, 0.3) is 0 Å². The minimum Gasteiger partial charge on any atom is -0.292 e. The van der Waals surface area contributed by atoms with E-state index in [4.69, 9.17) is 0 Å². The number of hydrogen-bond acceptors (Lipinski definition) is 2. The molecule has 0 saturated heterocycles. The Morgan fingerprint density at radius 1 is 1.32 bits per heavy atom. The van der Waals surface area contributed by atoms with Gasteiger partial charge in [0.1, 0.15) is 6.67 Å². The molecule has 0 aliphatic heterocycles. The Labute approximate surface area is 113 Å². The first-order valence-corrected chi connectivity index (χ1v) is 6.55. The molecule has 0 spiro atoms. The van der Waals surface area contributed by atoms with Crippen LogP contribution in [0.4, 0.5) is 5.69 Å². The Balaban J connectivity index is 2.22. The molecule has 0 fully saturated rings. The molecule has 4 nitrogen and oxygen atoms in total. The van der Waals surface area contributed by atoms with Crippen molar-refractivity contribution in [1.29, 1.82) is 0 Å². The van der Waals surface area contributed by atoms with Gasteiger partial charge in [0.15, 0.2) is 0 Å². The molecule has 0 saturated carbocycles. The summed E-state index contributed by atoms with van der Waals surface area (Å²) in [4.78, 5) is 14.0. The molecule has 19 heavy (non-hydrogen) atoms. The Kier molecular flexibility index (Phi) is 4.34. The van der Waals surface area contributed by atoms with Crippen molar-refractivity contribution in [2.75, 3.05) is 4.90 Å². The molecule has 4 heteroatoms. The van der Waals surface area contributed by atoms with Crippen molar-refractivity contribution in [3.8, 4) is 0 Å². The summed E-state index contributed by atoms with van der Waals surface area (Å²) < 4.78 is 1.79. The summed E-state index contributed by atoms with van der Waals surface area (Å²) in [6.07, 6.45) is 5.14. The molecule has 0 aliphatic rings. The average Bonchev–Trinajstić information content (AvgIpc) is 2.83. The van der Waals surface area contributed by atoms with Crippen molar-refractivity contribution in [3.63, 3.8) is 0 Å². The lowest BCUT2D eigenvalue weighted by Gasteiger charge is -2.22. The van der Waals surface area contributed by atoms with Gasteiger partial charge in [0.2, 0.25) is 5.91 Å². The number of nitrogens with zero attached hydrogens (tertiary/aromatic N) is 3. The van der Waals surface area contributed by atoms with Crippen molar-refractivity contribution in [2.24, 2.45) is 0 Å². The van der Waals surface area contributed by atoms with Gasteiger partial charge in [-0.3, -0.25) is 14.4 Å². The fourth-order valence-corrected chi connectivity index (χ4v) is 1.95. The lowest BCUT2D eigenvalue weighted by molar-refractivity contribution is -0.119. The molecular formula is C15H19N3O. The average molecular weight is 257 g/mol. The second-order valence-electron chi connectivity index (χ2n) is 4.61. The molecule has 0 bridgehead atoms. The number of carbonyl (C=O) groups is 1. The summed E-state index contributed by atoms with van der Waals surface area (Å²) in [6, 6.07) is 9.73. The van der Waals surface area contributed by atoms with Crippen LogP contribution in [-0.4, -0.2) is 15.7 Å². The third-order valence-electron chi connectivity index (χ3n) is 2.88. The van der Waals surface area contributed by atoms with Gasteiger partial charge in [0.05, 0.1) is 6.20 Å². The lowest BCUT2D eigenvalue weighted by Crippen LogP contribution is -2.32. The predicted octanol–water partition coefficient (Wildman–Crippen LogP) is 2.98. The van der Waals surface area contributed by atoms with E-state index in [-0.39, 0.29) is 5.91 Å². The largest absolute Gasteiger partial charge is 0.292 e. The molecule has 0 unspecified atom stereocenters. The lowest BCUT2D eigenvalue weighted by atomic mass is 10.2. The fraction of sp³-hybridized carbons (Fsp3) is 0.333. The third-order valence-corrected chi connectivity index (χ3v) is 2.88. The highest BCUT2D eigenvalue weighted by atomic mass is 16.2. The van der Waals surface area contributed by atoms with Crippen LogP contribution in [0.1, 0.15) is 25.3 Å². The summed E-state index contributed by atoms with van der Waals surface area (Å²) in [5.41, 5.74) is 2.00. The number of aromatic nitrogens is 2. The van der Waals surface area contributed by atoms with E-state index in [9.17, 15) is 4.79 Å². The van der Waals surface area contributed by atoms with Gasteiger partial charge in [-0.25, -0.2) is 0 Å². The monoisotopic (exact) mass is 257 g/mol. The van der Waals surface area contributed by atoms with Crippen LogP contribution in [0.3, 0.4) is 0 Å². The van der Waals surface area contributed by atoms with Crippen molar-refractivity contribution < 1.29 is 4.79 Å². The molecule has 2 rings (SSSR count). The quantitative estimate of drug-likeness (QED) is 0.826.